The van der Waals surface area contributed by atoms with Crippen molar-refractivity contribution in [1.29, 1.82) is 0 Å². The fourth-order valence-electron chi connectivity index (χ4n) is 6.17. The zero-order chi connectivity index (χ0) is 32.6. The number of piperazine rings is 1. The van der Waals surface area contributed by atoms with Gasteiger partial charge < -0.3 is 15.1 Å². The van der Waals surface area contributed by atoms with E-state index in [0.29, 0.717) is 31.1 Å². The largest absolute Gasteiger partial charge is 0.414 e. The number of alkyl halides is 3. The maximum Gasteiger partial charge on any atom is 0.414 e. The quantitative estimate of drug-likeness (QED) is 0.414. The monoisotopic (exact) mass is 648 g/mol. The molecule has 1 unspecified atom stereocenters. The highest BCUT2D eigenvalue weighted by Crippen LogP contribution is 2.39. The number of nitrogens with one attached hydrogen (secondary N) is 1. The topological polar surface area (TPSA) is 98.2 Å². The number of benzene rings is 1. The Kier molecular flexibility index (Phi) is 9.45. The maximum absolute atomic E-state index is 15.9. The summed E-state index contributed by atoms with van der Waals surface area (Å²) in [6.45, 7) is 4.94. The normalized spacial score (nSPS) is 23.2. The molecule has 2 aliphatic heterocycles. The van der Waals surface area contributed by atoms with Gasteiger partial charge in [-0.05, 0) is 39.8 Å². The fourth-order valence-corrected chi connectivity index (χ4v) is 6.98. The molecular weight excluding hydrogens is 612 g/mol. The number of carbonyl (C=O) groups is 3. The molecule has 0 radical (unpaired) electrons. The molecule has 3 amide bonds. The summed E-state index contributed by atoms with van der Waals surface area (Å²) in [6.07, 6.45) is 1.09. The predicted molar refractivity (Wildman–Crippen MR) is 165 cm³/mol. The van der Waals surface area contributed by atoms with Crippen molar-refractivity contribution in [2.75, 3.05) is 37.4 Å². The van der Waals surface area contributed by atoms with Gasteiger partial charge in [0.1, 0.15) is 22.4 Å². The first-order valence-corrected chi connectivity index (χ1v) is 15.8. The molecule has 242 valence electrons. The van der Waals surface area contributed by atoms with E-state index in [1.807, 2.05) is 25.8 Å². The van der Waals surface area contributed by atoms with E-state index in [1.165, 1.54) is 12.1 Å². The van der Waals surface area contributed by atoms with Crippen LogP contribution in [0.3, 0.4) is 0 Å². The summed E-state index contributed by atoms with van der Waals surface area (Å²) < 4.78 is 57.2. The summed E-state index contributed by atoms with van der Waals surface area (Å²) in [5, 5.41) is 4.31. The van der Waals surface area contributed by atoms with Gasteiger partial charge in [-0.15, -0.1) is 11.3 Å². The third-order valence-corrected chi connectivity index (χ3v) is 9.89. The summed E-state index contributed by atoms with van der Waals surface area (Å²) in [5.74, 6) is -4.99. The minimum atomic E-state index is -4.95. The fraction of sp³-hybridized carbons (Fsp3) is 0.516. The van der Waals surface area contributed by atoms with E-state index in [2.05, 4.69) is 20.2 Å². The van der Waals surface area contributed by atoms with Crippen molar-refractivity contribution in [3.63, 3.8) is 0 Å². The van der Waals surface area contributed by atoms with Crippen molar-refractivity contribution in [2.24, 2.45) is 10.9 Å². The van der Waals surface area contributed by atoms with Crippen LogP contribution in [0.5, 0.6) is 0 Å². The number of likely N-dealkylation sites (N-methyl/N-ethyl adjacent to an activating group) is 1. The Balaban J connectivity index is 1.50. The molecular formula is C31H36F4N6O3S. The second kappa shape index (κ2) is 13.0. The second-order valence-electron chi connectivity index (χ2n) is 12.0. The Bertz CT molecular complexity index is 1520. The standard InChI is InChI=1S/C31H36F4N6O3S/c1-17-14-41(15-18(2)39(17)3)26-12-23(32)20(29-38-25(16-45-29)30(44)40(4)19-8-6-5-7-9-19)10-24(26)37-28(43)21-13-36-27(42)11-22(21)31(33,34)35/h10-13,16-19,21H,5-9,14-15H2,1-4H3,(H,37,43)/t17-,18+,21?. The van der Waals surface area contributed by atoms with Gasteiger partial charge in [0.2, 0.25) is 5.91 Å². The molecule has 2 aromatic rings. The molecule has 1 saturated carbocycles. The molecule has 1 aromatic heterocycles. The third kappa shape index (κ3) is 6.96. The zero-order valence-electron chi connectivity index (χ0n) is 25.5. The van der Waals surface area contributed by atoms with Crippen LogP contribution in [-0.4, -0.2) is 90.2 Å². The minimum Gasteiger partial charge on any atom is -0.367 e. The molecule has 5 rings (SSSR count). The lowest BCUT2D eigenvalue weighted by Gasteiger charge is -2.44. The van der Waals surface area contributed by atoms with Gasteiger partial charge in [-0.1, -0.05) is 19.3 Å². The van der Waals surface area contributed by atoms with Gasteiger partial charge in [-0.3, -0.25) is 19.3 Å². The van der Waals surface area contributed by atoms with Gasteiger partial charge >= 0.3 is 6.18 Å². The average Bonchev–Trinajstić information content (AvgIpc) is 3.49. The van der Waals surface area contributed by atoms with Gasteiger partial charge in [-0.25, -0.2) is 14.4 Å². The van der Waals surface area contributed by atoms with Gasteiger partial charge in [-0.2, -0.15) is 13.2 Å². The van der Waals surface area contributed by atoms with Crippen molar-refractivity contribution in [3.8, 4) is 10.6 Å². The number of rotatable bonds is 6. The van der Waals surface area contributed by atoms with Crippen LogP contribution in [-0.2, 0) is 9.59 Å². The second-order valence-corrected chi connectivity index (χ2v) is 12.9. The number of halogens is 4. The van der Waals surface area contributed by atoms with E-state index < -0.39 is 35.3 Å². The molecule has 3 aliphatic rings. The van der Waals surface area contributed by atoms with Crippen molar-refractivity contribution in [2.45, 2.75) is 70.3 Å². The first-order chi connectivity index (χ1) is 21.2. The lowest BCUT2D eigenvalue weighted by Crippen LogP contribution is -2.55. The number of hydrogen-bond acceptors (Lipinski definition) is 7. The molecule has 3 atom stereocenters. The van der Waals surface area contributed by atoms with Crippen molar-refractivity contribution in [1.82, 2.24) is 14.8 Å². The van der Waals surface area contributed by atoms with E-state index in [0.717, 1.165) is 43.4 Å². The molecule has 2 fully saturated rings. The van der Waals surface area contributed by atoms with E-state index in [1.54, 1.807) is 17.3 Å². The molecule has 1 aromatic carbocycles. The summed E-state index contributed by atoms with van der Waals surface area (Å²) in [5.41, 5.74) is -0.803. The van der Waals surface area contributed by atoms with Crippen LogP contribution in [0.1, 0.15) is 56.4 Å². The summed E-state index contributed by atoms with van der Waals surface area (Å²) in [4.78, 5) is 51.8. The molecule has 3 heterocycles. The molecule has 1 saturated heterocycles. The highest BCUT2D eigenvalue weighted by atomic mass is 32.1. The number of carbonyl (C=O) groups excluding carboxylic acids is 3. The number of hydrogen-bond donors (Lipinski definition) is 1. The molecule has 0 spiro atoms. The molecule has 1 N–H and O–H groups in total. The summed E-state index contributed by atoms with van der Waals surface area (Å²) >= 11 is 1.06. The molecule has 1 aliphatic carbocycles. The van der Waals surface area contributed by atoms with E-state index >= 15 is 4.39 Å². The van der Waals surface area contributed by atoms with Gasteiger partial charge in [0, 0.05) is 67.6 Å². The number of dihydropyridines is 1. The van der Waals surface area contributed by atoms with Gasteiger partial charge in [0.05, 0.1) is 16.9 Å². The van der Waals surface area contributed by atoms with Crippen LogP contribution >= 0.6 is 11.3 Å². The highest BCUT2D eigenvalue weighted by Gasteiger charge is 2.43. The molecule has 9 nitrogen and oxygen atoms in total. The lowest BCUT2D eigenvalue weighted by molar-refractivity contribution is -0.124. The maximum atomic E-state index is 15.9. The molecule has 45 heavy (non-hydrogen) atoms. The third-order valence-electron chi connectivity index (χ3n) is 9.01. The molecule has 0 bridgehead atoms. The van der Waals surface area contributed by atoms with Crippen molar-refractivity contribution < 1.29 is 31.9 Å². The van der Waals surface area contributed by atoms with Crippen LogP contribution in [0, 0.1) is 11.7 Å². The Hall–Kier alpha value is -3.65. The van der Waals surface area contributed by atoms with Gasteiger partial charge in [0.25, 0.3) is 11.8 Å². The first kappa shape index (κ1) is 32.7. The minimum absolute atomic E-state index is 0.00674. The van der Waals surface area contributed by atoms with E-state index in [-0.39, 0.29) is 46.0 Å². The summed E-state index contributed by atoms with van der Waals surface area (Å²) in [7, 11) is 3.71. The average molecular weight is 649 g/mol. The van der Waals surface area contributed by atoms with Crippen LogP contribution in [0.2, 0.25) is 0 Å². The predicted octanol–water partition coefficient (Wildman–Crippen LogP) is 5.54. The SMILES string of the molecule is C[C@@H]1CN(c2cc(F)c(-c3nc(C(=O)N(C)C4CCCCC4)cs3)cc2NC(=O)C2C=NC(=O)C=C2C(F)(F)F)C[C@H](C)N1C. The number of aliphatic imine (C=N–C) groups is 1. The Labute approximate surface area is 263 Å². The van der Waals surface area contributed by atoms with Gasteiger partial charge in [0.15, 0.2) is 0 Å². The summed E-state index contributed by atoms with van der Waals surface area (Å²) in [6, 6.07) is 2.81. The number of aromatic nitrogens is 1. The first-order valence-electron chi connectivity index (χ1n) is 15.0. The van der Waals surface area contributed by atoms with Crippen molar-refractivity contribution in [3.05, 3.63) is 40.7 Å². The van der Waals surface area contributed by atoms with Crippen LogP contribution in [0.25, 0.3) is 10.6 Å². The molecule has 14 heteroatoms. The smallest absolute Gasteiger partial charge is 0.367 e. The van der Waals surface area contributed by atoms with Crippen LogP contribution in [0.4, 0.5) is 28.9 Å². The number of thiazole rings is 1. The highest BCUT2D eigenvalue weighted by molar-refractivity contribution is 7.13. The number of amides is 3. The Morgan fingerprint density at radius 3 is 2.40 bits per heavy atom. The Morgan fingerprint density at radius 2 is 1.76 bits per heavy atom. The lowest BCUT2D eigenvalue weighted by atomic mass is 9.94. The van der Waals surface area contributed by atoms with Crippen LogP contribution in [0.15, 0.2) is 34.2 Å². The number of anilines is 2. The van der Waals surface area contributed by atoms with Crippen LogP contribution < -0.4 is 10.2 Å². The van der Waals surface area contributed by atoms with Crippen molar-refractivity contribution >= 4 is 46.6 Å². The van der Waals surface area contributed by atoms with E-state index in [9.17, 15) is 27.6 Å². The number of nitrogens with zero attached hydrogens (tertiary/aromatic N) is 5. The van der Waals surface area contributed by atoms with E-state index in [4.69, 9.17) is 0 Å². The Morgan fingerprint density at radius 1 is 1.09 bits per heavy atom. The zero-order valence-corrected chi connectivity index (χ0v) is 26.3.